The highest BCUT2D eigenvalue weighted by Gasteiger charge is 2.21. The van der Waals surface area contributed by atoms with E-state index in [4.69, 9.17) is 14.3 Å². The molecule has 0 aliphatic carbocycles. The molecule has 8 heteroatoms. The van der Waals surface area contributed by atoms with Crippen LogP contribution in [0.15, 0.2) is 28.7 Å². The Hall–Kier alpha value is -2.35. The topological polar surface area (TPSA) is 107 Å². The number of rotatable bonds is 7. The van der Waals surface area contributed by atoms with Crippen molar-refractivity contribution in [2.45, 2.75) is 19.6 Å². The monoisotopic (exact) mass is 339 g/mol. The Balaban J connectivity index is 2.22. The first kappa shape index (κ1) is 17.0. The fourth-order valence-corrected chi connectivity index (χ4v) is 3.16. The molecular weight excluding hydrogens is 322 g/mol. The number of hydrogen-bond acceptors (Lipinski definition) is 6. The first-order chi connectivity index (χ1) is 10.8. The van der Waals surface area contributed by atoms with Crippen LogP contribution in [0.3, 0.4) is 0 Å². The molecule has 0 saturated heterocycles. The summed E-state index contributed by atoms with van der Waals surface area (Å²) in [5.41, 5.74) is 0.897. The molecule has 0 fully saturated rings. The van der Waals surface area contributed by atoms with Crippen molar-refractivity contribution in [3.05, 3.63) is 35.7 Å². The van der Waals surface area contributed by atoms with Crippen LogP contribution < -0.4 is 4.74 Å². The Morgan fingerprint density at radius 3 is 2.52 bits per heavy atom. The van der Waals surface area contributed by atoms with Gasteiger partial charge >= 0.3 is 5.97 Å². The normalized spacial score (nSPS) is 11.4. The van der Waals surface area contributed by atoms with Gasteiger partial charge in [0.25, 0.3) is 0 Å². The van der Waals surface area contributed by atoms with E-state index in [2.05, 4.69) is 4.98 Å². The summed E-state index contributed by atoms with van der Waals surface area (Å²) >= 11 is 0. The number of aromatic nitrogens is 1. The summed E-state index contributed by atoms with van der Waals surface area (Å²) in [6.07, 6.45) is 0. The minimum Gasteiger partial charge on any atom is -0.494 e. The zero-order valence-corrected chi connectivity index (χ0v) is 13.6. The predicted molar refractivity (Wildman–Crippen MR) is 83.0 cm³/mol. The Bertz CT molecular complexity index is 792. The summed E-state index contributed by atoms with van der Waals surface area (Å²) in [5, 5.41) is 8.61. The fraction of sp³-hybridized carbons (Fsp3) is 0.333. The number of nitrogens with zero attached hydrogens (tertiary/aromatic N) is 1. The van der Waals surface area contributed by atoms with Gasteiger partial charge in [-0.2, -0.15) is 0 Å². The maximum atomic E-state index is 11.7. The number of ether oxygens (including phenoxy) is 1. The van der Waals surface area contributed by atoms with Crippen molar-refractivity contribution < 1.29 is 27.5 Å². The Labute approximate surface area is 133 Å². The van der Waals surface area contributed by atoms with E-state index in [1.165, 1.54) is 0 Å². The molecule has 0 radical (unpaired) electrons. The second-order valence-corrected chi connectivity index (χ2v) is 6.97. The minimum atomic E-state index is -3.78. The number of oxazole rings is 1. The second kappa shape index (κ2) is 6.82. The van der Waals surface area contributed by atoms with E-state index >= 15 is 0 Å². The van der Waals surface area contributed by atoms with Gasteiger partial charge in [0, 0.05) is 5.56 Å². The first-order valence-corrected chi connectivity index (χ1v) is 8.74. The van der Waals surface area contributed by atoms with Crippen molar-refractivity contribution in [3.63, 3.8) is 0 Å². The first-order valence-electron chi connectivity index (χ1n) is 6.92. The smallest absolute Gasteiger partial charge is 0.318 e. The van der Waals surface area contributed by atoms with Gasteiger partial charge in [-0.05, 0) is 38.1 Å². The highest BCUT2D eigenvalue weighted by molar-refractivity contribution is 7.91. The highest BCUT2D eigenvalue weighted by Crippen LogP contribution is 2.25. The SMILES string of the molecule is CCOc1ccc(-c2nc(CS(=O)(=O)CC(=O)O)c(C)o2)cc1. The number of benzene rings is 1. The lowest BCUT2D eigenvalue weighted by Gasteiger charge is -2.02. The van der Waals surface area contributed by atoms with Gasteiger partial charge in [-0.1, -0.05) is 0 Å². The van der Waals surface area contributed by atoms with Gasteiger partial charge in [0.2, 0.25) is 5.89 Å². The molecule has 124 valence electrons. The third kappa shape index (κ3) is 4.56. The molecule has 0 aliphatic rings. The molecule has 1 N–H and O–H groups in total. The largest absolute Gasteiger partial charge is 0.494 e. The van der Waals surface area contributed by atoms with Crippen LogP contribution in [0.4, 0.5) is 0 Å². The zero-order valence-electron chi connectivity index (χ0n) is 12.8. The van der Waals surface area contributed by atoms with E-state index in [9.17, 15) is 13.2 Å². The van der Waals surface area contributed by atoms with E-state index in [1.54, 1.807) is 31.2 Å². The van der Waals surface area contributed by atoms with Crippen molar-refractivity contribution in [3.8, 4) is 17.2 Å². The molecule has 0 saturated carbocycles. The van der Waals surface area contributed by atoms with Crippen molar-refractivity contribution in [2.24, 2.45) is 0 Å². The molecule has 0 aliphatic heterocycles. The molecule has 1 heterocycles. The van der Waals surface area contributed by atoms with Gasteiger partial charge in [-0.3, -0.25) is 4.79 Å². The fourth-order valence-electron chi connectivity index (χ4n) is 1.99. The highest BCUT2D eigenvalue weighted by atomic mass is 32.2. The van der Waals surface area contributed by atoms with E-state index in [0.717, 1.165) is 0 Å². The maximum absolute atomic E-state index is 11.7. The lowest BCUT2D eigenvalue weighted by atomic mass is 10.2. The third-order valence-corrected chi connectivity index (χ3v) is 4.40. The summed E-state index contributed by atoms with van der Waals surface area (Å²) in [7, 11) is -3.78. The number of sulfone groups is 1. The lowest BCUT2D eigenvalue weighted by molar-refractivity contribution is -0.134. The number of hydrogen-bond donors (Lipinski definition) is 1. The van der Waals surface area contributed by atoms with Crippen molar-refractivity contribution in [1.82, 2.24) is 4.98 Å². The van der Waals surface area contributed by atoms with Crippen molar-refractivity contribution in [2.75, 3.05) is 12.4 Å². The third-order valence-electron chi connectivity index (χ3n) is 3.00. The molecule has 1 aromatic carbocycles. The molecule has 2 rings (SSSR count). The standard InChI is InChI=1S/C15H17NO6S/c1-3-21-12-6-4-11(5-7-12)15-16-13(10(2)22-15)8-23(19,20)9-14(17)18/h4-7H,3,8-9H2,1-2H3,(H,17,18). The number of carboxylic acid groups (broad SMARTS) is 1. The lowest BCUT2D eigenvalue weighted by Crippen LogP contribution is -2.17. The van der Waals surface area contributed by atoms with Crippen molar-refractivity contribution in [1.29, 1.82) is 0 Å². The van der Waals surface area contributed by atoms with Crippen LogP contribution in [0, 0.1) is 6.92 Å². The van der Waals surface area contributed by atoms with E-state index in [1.807, 2.05) is 6.92 Å². The molecule has 2 aromatic rings. The zero-order chi connectivity index (χ0) is 17.0. The molecule has 23 heavy (non-hydrogen) atoms. The Morgan fingerprint density at radius 2 is 1.96 bits per heavy atom. The molecule has 0 amide bonds. The van der Waals surface area contributed by atoms with Crippen LogP contribution in [0.2, 0.25) is 0 Å². The molecule has 7 nitrogen and oxygen atoms in total. The Kier molecular flexibility index (Phi) is 5.05. The molecule has 0 bridgehead atoms. The molecule has 1 aromatic heterocycles. The van der Waals surface area contributed by atoms with Gasteiger partial charge in [0.1, 0.15) is 17.3 Å². The van der Waals surface area contributed by atoms with E-state index in [0.29, 0.717) is 23.7 Å². The molecule has 0 spiro atoms. The van der Waals surface area contributed by atoms with E-state index < -0.39 is 27.3 Å². The second-order valence-electron chi connectivity index (χ2n) is 4.91. The summed E-state index contributed by atoms with van der Waals surface area (Å²) in [6, 6.07) is 7.04. The van der Waals surface area contributed by atoms with Gasteiger partial charge in [0.05, 0.1) is 18.1 Å². The van der Waals surface area contributed by atoms with Crippen molar-refractivity contribution >= 4 is 15.8 Å². The quantitative estimate of drug-likeness (QED) is 0.822. The number of carbonyl (C=O) groups is 1. The number of aryl methyl sites for hydroxylation is 1. The molecule has 0 atom stereocenters. The van der Waals surface area contributed by atoms with Gasteiger partial charge < -0.3 is 14.3 Å². The Morgan fingerprint density at radius 1 is 1.30 bits per heavy atom. The van der Waals surface area contributed by atoms with Crippen LogP contribution in [-0.2, 0) is 20.4 Å². The summed E-state index contributed by atoms with van der Waals surface area (Å²) < 4.78 is 34.3. The summed E-state index contributed by atoms with van der Waals surface area (Å²) in [4.78, 5) is 14.7. The van der Waals surface area contributed by atoms with Crippen LogP contribution in [0.5, 0.6) is 5.75 Å². The van der Waals surface area contributed by atoms with Crippen LogP contribution in [0.1, 0.15) is 18.4 Å². The van der Waals surface area contributed by atoms with Gasteiger partial charge in [0.15, 0.2) is 9.84 Å². The van der Waals surface area contributed by atoms with E-state index in [-0.39, 0.29) is 11.6 Å². The molecular formula is C15H17NO6S. The maximum Gasteiger partial charge on any atom is 0.318 e. The average molecular weight is 339 g/mol. The van der Waals surface area contributed by atoms with Gasteiger partial charge in [-0.25, -0.2) is 13.4 Å². The van der Waals surface area contributed by atoms with Crippen LogP contribution in [-0.4, -0.2) is 36.8 Å². The predicted octanol–water partition coefficient (Wildman–Crippen LogP) is 2.05. The number of carboxylic acids is 1. The summed E-state index contributed by atoms with van der Waals surface area (Å²) in [6.45, 7) is 4.04. The van der Waals surface area contributed by atoms with Crippen LogP contribution in [0.25, 0.3) is 11.5 Å². The summed E-state index contributed by atoms with van der Waals surface area (Å²) in [5.74, 6) is -1.45. The number of aliphatic carboxylic acids is 1. The average Bonchev–Trinajstić information content (AvgIpc) is 2.79. The van der Waals surface area contributed by atoms with Gasteiger partial charge in [-0.15, -0.1) is 0 Å². The van der Waals surface area contributed by atoms with Crippen LogP contribution >= 0.6 is 0 Å². The minimum absolute atomic E-state index is 0.218. The molecule has 0 unspecified atom stereocenters.